The van der Waals surface area contributed by atoms with Gasteiger partial charge in [0.1, 0.15) is 5.52 Å². The first-order valence-electron chi connectivity index (χ1n) is 7.74. The van der Waals surface area contributed by atoms with Gasteiger partial charge in [0.05, 0.1) is 45.5 Å². The van der Waals surface area contributed by atoms with Gasteiger partial charge >= 0.3 is 0 Å². The van der Waals surface area contributed by atoms with E-state index in [9.17, 15) is 4.79 Å². The van der Waals surface area contributed by atoms with Crippen molar-refractivity contribution in [2.75, 3.05) is 0 Å². The van der Waals surface area contributed by atoms with Gasteiger partial charge < -0.3 is 0 Å². The van der Waals surface area contributed by atoms with Crippen molar-refractivity contribution in [3.8, 4) is 10.6 Å². The highest BCUT2D eigenvalue weighted by atomic mass is 127. The fraction of sp³-hybridized carbons (Fsp3) is 0.0556. The highest BCUT2D eigenvalue weighted by molar-refractivity contribution is 14.1. The monoisotopic (exact) mass is 494 g/mol. The second-order valence-corrected chi connectivity index (χ2v) is 8.06. The van der Waals surface area contributed by atoms with Crippen LogP contribution in [0.4, 0.5) is 0 Å². The summed E-state index contributed by atoms with van der Waals surface area (Å²) in [6.07, 6.45) is 1.75. The zero-order valence-electron chi connectivity index (χ0n) is 13.3. The van der Waals surface area contributed by atoms with E-state index < -0.39 is 0 Å². The molecule has 8 heteroatoms. The first kappa shape index (κ1) is 17.4. The number of fused-ring (bicyclic) bond motifs is 1. The summed E-state index contributed by atoms with van der Waals surface area (Å²) in [4.78, 5) is 13.9. The lowest BCUT2D eigenvalue weighted by molar-refractivity contribution is 0.0885. The number of rotatable bonds is 4. The zero-order valence-corrected chi connectivity index (χ0v) is 17.0. The zero-order chi connectivity index (χ0) is 18.1. The molecule has 0 atom stereocenters. The van der Waals surface area contributed by atoms with Crippen molar-refractivity contribution < 1.29 is 4.79 Å². The summed E-state index contributed by atoms with van der Waals surface area (Å²) in [5.41, 5.74) is 3.13. The van der Waals surface area contributed by atoms with Crippen LogP contribution in [0, 0.1) is 0 Å². The maximum atomic E-state index is 13.0. The Morgan fingerprint density at radius 3 is 2.73 bits per heavy atom. The van der Waals surface area contributed by atoms with E-state index in [1.807, 2.05) is 65.3 Å². The van der Waals surface area contributed by atoms with Gasteiger partial charge in [-0.1, -0.05) is 35.9 Å². The Hall–Kier alpha value is -1.97. The van der Waals surface area contributed by atoms with E-state index in [-0.39, 0.29) is 5.91 Å². The minimum Gasteiger partial charge on any atom is -0.276 e. The van der Waals surface area contributed by atoms with E-state index in [1.165, 1.54) is 11.5 Å². The SMILES string of the molecule is O=C(c1cccc2c(-c3ccns3)[nH]nc12)N(I)Cc1ccc(Cl)cc1. The molecule has 0 spiro atoms. The normalized spacial score (nSPS) is 11.0. The molecule has 0 aliphatic heterocycles. The molecule has 0 aliphatic carbocycles. The molecule has 0 aliphatic rings. The molecule has 0 unspecified atom stereocenters. The summed E-state index contributed by atoms with van der Waals surface area (Å²) in [6.45, 7) is 0.485. The summed E-state index contributed by atoms with van der Waals surface area (Å²) < 4.78 is 5.78. The predicted molar refractivity (Wildman–Crippen MR) is 113 cm³/mol. The predicted octanol–water partition coefficient (Wildman–Crippen LogP) is 5.33. The molecule has 2 heterocycles. The topological polar surface area (TPSA) is 61.9 Å². The third-order valence-electron chi connectivity index (χ3n) is 3.95. The molecular formula is C18H12ClIN4OS. The standard InChI is InChI=1S/C18H12ClIN4OS/c19-12-6-4-11(5-7-12)10-24(20)18(25)14-3-1-2-13-16(14)22-23-17(13)15-8-9-21-26-15/h1-9H,10H2,(H,22,23). The van der Waals surface area contributed by atoms with Crippen LogP contribution in [0.3, 0.4) is 0 Å². The Morgan fingerprint density at radius 2 is 2.00 bits per heavy atom. The lowest BCUT2D eigenvalue weighted by Gasteiger charge is -2.15. The minimum absolute atomic E-state index is 0.0893. The number of benzene rings is 2. The van der Waals surface area contributed by atoms with Crippen molar-refractivity contribution in [3.63, 3.8) is 0 Å². The lowest BCUT2D eigenvalue weighted by Crippen LogP contribution is -2.20. The molecule has 0 bridgehead atoms. The number of carbonyl (C=O) groups is 1. The van der Waals surface area contributed by atoms with E-state index in [0.29, 0.717) is 22.6 Å². The van der Waals surface area contributed by atoms with Crippen LogP contribution >= 0.6 is 46.0 Å². The van der Waals surface area contributed by atoms with E-state index >= 15 is 0 Å². The Morgan fingerprint density at radius 1 is 1.19 bits per heavy atom. The van der Waals surface area contributed by atoms with Crippen molar-refractivity contribution in [2.45, 2.75) is 6.54 Å². The molecule has 0 saturated carbocycles. The number of para-hydroxylation sites is 1. The van der Waals surface area contributed by atoms with E-state index in [1.54, 1.807) is 15.4 Å². The maximum Gasteiger partial charge on any atom is 0.265 e. The molecule has 4 aromatic rings. The van der Waals surface area contributed by atoms with Crippen LogP contribution in [0.15, 0.2) is 54.7 Å². The number of hydrogen-bond donors (Lipinski definition) is 1. The van der Waals surface area contributed by atoms with Gasteiger partial charge in [-0.05, 0) is 41.4 Å². The molecular weight excluding hydrogens is 483 g/mol. The summed E-state index contributed by atoms with van der Waals surface area (Å²) >= 11 is 9.35. The van der Waals surface area contributed by atoms with Gasteiger partial charge in [-0.25, -0.2) is 4.37 Å². The van der Waals surface area contributed by atoms with E-state index in [4.69, 9.17) is 11.6 Å². The molecule has 5 nitrogen and oxygen atoms in total. The Labute approximate surface area is 172 Å². The van der Waals surface area contributed by atoms with Crippen LogP contribution in [-0.4, -0.2) is 23.6 Å². The molecule has 130 valence electrons. The van der Waals surface area contributed by atoms with Crippen molar-refractivity contribution >= 4 is 62.8 Å². The Bertz CT molecular complexity index is 1060. The van der Waals surface area contributed by atoms with Crippen LogP contribution in [0.5, 0.6) is 0 Å². The smallest absolute Gasteiger partial charge is 0.265 e. The van der Waals surface area contributed by atoms with Gasteiger partial charge in [0.2, 0.25) is 0 Å². The van der Waals surface area contributed by atoms with Gasteiger partial charge in [-0.15, -0.1) is 0 Å². The van der Waals surface area contributed by atoms with Crippen LogP contribution in [-0.2, 0) is 6.54 Å². The number of nitrogens with one attached hydrogen (secondary N) is 1. The number of H-pyrrole nitrogens is 1. The first-order valence-corrected chi connectivity index (χ1v) is 9.85. The van der Waals surface area contributed by atoms with Gasteiger partial charge in [0.25, 0.3) is 5.91 Å². The second kappa shape index (κ2) is 7.34. The summed E-state index contributed by atoms with van der Waals surface area (Å²) in [6, 6.07) is 15.0. The molecule has 26 heavy (non-hydrogen) atoms. The quantitative estimate of drug-likeness (QED) is 0.308. The third kappa shape index (κ3) is 3.34. The summed E-state index contributed by atoms with van der Waals surface area (Å²) in [7, 11) is 0. The number of carbonyl (C=O) groups excluding carboxylic acids is 1. The fourth-order valence-corrected chi connectivity index (χ4v) is 4.08. The number of amides is 1. The molecule has 4 rings (SSSR count). The molecule has 0 fully saturated rings. The van der Waals surface area contributed by atoms with Crippen LogP contribution in [0.2, 0.25) is 5.02 Å². The summed E-state index contributed by atoms with van der Waals surface area (Å²) in [5.74, 6) is -0.0893. The Balaban J connectivity index is 1.65. The van der Waals surface area contributed by atoms with Gasteiger partial charge in [-0.3, -0.25) is 13.0 Å². The van der Waals surface area contributed by atoms with Crippen LogP contribution in [0.1, 0.15) is 15.9 Å². The van der Waals surface area contributed by atoms with Crippen molar-refractivity contribution in [1.29, 1.82) is 0 Å². The molecule has 1 N–H and O–H groups in total. The molecule has 1 amide bonds. The number of halogens is 2. The average Bonchev–Trinajstić information content (AvgIpc) is 3.31. The van der Waals surface area contributed by atoms with Gasteiger partial charge in [0, 0.05) is 16.6 Å². The highest BCUT2D eigenvalue weighted by Gasteiger charge is 2.20. The van der Waals surface area contributed by atoms with E-state index in [0.717, 1.165) is 21.5 Å². The molecule has 2 aromatic carbocycles. The maximum absolute atomic E-state index is 13.0. The largest absolute Gasteiger partial charge is 0.276 e. The highest BCUT2D eigenvalue weighted by Crippen LogP contribution is 2.31. The van der Waals surface area contributed by atoms with Crippen LogP contribution < -0.4 is 0 Å². The first-order chi connectivity index (χ1) is 12.6. The second-order valence-electron chi connectivity index (χ2n) is 5.63. The number of aromatic amines is 1. The van der Waals surface area contributed by atoms with E-state index in [2.05, 4.69) is 14.6 Å². The van der Waals surface area contributed by atoms with Crippen molar-refractivity contribution in [1.82, 2.24) is 17.7 Å². The Kier molecular flexibility index (Phi) is 4.92. The minimum atomic E-state index is -0.0893. The fourth-order valence-electron chi connectivity index (χ4n) is 2.70. The number of nitrogens with zero attached hydrogens (tertiary/aromatic N) is 3. The van der Waals surface area contributed by atoms with Gasteiger partial charge in [-0.2, -0.15) is 5.10 Å². The number of aromatic nitrogens is 3. The molecule has 2 aromatic heterocycles. The third-order valence-corrected chi connectivity index (χ3v) is 5.75. The number of hydrogen-bond acceptors (Lipinski definition) is 4. The molecule has 0 saturated heterocycles. The lowest BCUT2D eigenvalue weighted by atomic mass is 10.1. The van der Waals surface area contributed by atoms with Crippen molar-refractivity contribution in [3.05, 3.63) is 70.9 Å². The average molecular weight is 495 g/mol. The van der Waals surface area contributed by atoms with Gasteiger partial charge in [0.15, 0.2) is 0 Å². The molecule has 0 radical (unpaired) electrons. The van der Waals surface area contributed by atoms with Crippen LogP contribution in [0.25, 0.3) is 21.5 Å². The van der Waals surface area contributed by atoms with Crippen molar-refractivity contribution in [2.24, 2.45) is 0 Å². The summed E-state index contributed by atoms with van der Waals surface area (Å²) in [5, 5.41) is 9.01.